The number of rotatable bonds is 5. The number of hydrogen-bond acceptors (Lipinski definition) is 1. The van der Waals surface area contributed by atoms with Crippen molar-refractivity contribution in [2.24, 2.45) is 12.0 Å². The van der Waals surface area contributed by atoms with Crippen LogP contribution in [0.1, 0.15) is 18.1 Å². The molecule has 0 saturated heterocycles. The molecule has 2 aromatic rings. The number of guanidine groups is 1. The Hall–Kier alpha value is -1.75. The van der Waals surface area contributed by atoms with Crippen molar-refractivity contribution in [2.75, 3.05) is 6.54 Å². The number of nitrogens with zero attached hydrogens (tertiary/aromatic N) is 2. The summed E-state index contributed by atoms with van der Waals surface area (Å²) in [5.41, 5.74) is 2.43. The third-order valence-corrected chi connectivity index (χ3v) is 3.56. The van der Waals surface area contributed by atoms with Gasteiger partial charge in [0.1, 0.15) is 0 Å². The van der Waals surface area contributed by atoms with Gasteiger partial charge in [0, 0.05) is 37.0 Å². The smallest absolute Gasteiger partial charge is 0.191 e. The van der Waals surface area contributed by atoms with Crippen LogP contribution in [-0.2, 0) is 20.1 Å². The number of aromatic nitrogens is 1. The molecule has 1 aromatic heterocycles. The third kappa shape index (κ3) is 5.27. The summed E-state index contributed by atoms with van der Waals surface area (Å²) in [7, 11) is 2.02. The second-order valence-corrected chi connectivity index (χ2v) is 5.78. The van der Waals surface area contributed by atoms with E-state index in [0.717, 1.165) is 23.5 Å². The molecule has 0 amide bonds. The van der Waals surface area contributed by atoms with Gasteiger partial charge in [-0.15, -0.1) is 0 Å². The largest absolute Gasteiger partial charge is 0.357 e. The minimum atomic E-state index is 0.677. The number of benzene rings is 1. The van der Waals surface area contributed by atoms with E-state index in [4.69, 9.17) is 0 Å². The van der Waals surface area contributed by atoms with Gasteiger partial charge in [0.05, 0.1) is 6.54 Å². The van der Waals surface area contributed by atoms with Gasteiger partial charge in [0.15, 0.2) is 5.96 Å². The Kier molecular flexibility index (Phi) is 5.87. The van der Waals surface area contributed by atoms with Crippen LogP contribution in [0, 0.1) is 0 Å². The third-order valence-electron chi connectivity index (χ3n) is 3.03. The lowest BCUT2D eigenvalue weighted by molar-refractivity contribution is 0.815. The first kappa shape index (κ1) is 15.6. The molecule has 0 radical (unpaired) electrons. The maximum Gasteiger partial charge on any atom is 0.191 e. The molecule has 2 N–H and O–H groups in total. The van der Waals surface area contributed by atoms with E-state index in [1.165, 1.54) is 11.1 Å². The Labute approximate surface area is 134 Å². The molecule has 0 bridgehead atoms. The van der Waals surface area contributed by atoms with Gasteiger partial charge in [-0.25, -0.2) is 4.99 Å². The summed E-state index contributed by atoms with van der Waals surface area (Å²) in [6, 6.07) is 10.4. The van der Waals surface area contributed by atoms with E-state index in [0.29, 0.717) is 6.54 Å². The molecule has 0 saturated carbocycles. The van der Waals surface area contributed by atoms with Crippen molar-refractivity contribution < 1.29 is 0 Å². The summed E-state index contributed by atoms with van der Waals surface area (Å²) in [6.07, 6.45) is 4.12. The van der Waals surface area contributed by atoms with Crippen LogP contribution in [0.2, 0.25) is 0 Å². The monoisotopic (exact) mass is 348 g/mol. The summed E-state index contributed by atoms with van der Waals surface area (Å²) in [6.45, 7) is 4.35. The first-order valence-corrected chi connectivity index (χ1v) is 7.84. The Bertz CT molecular complexity index is 587. The van der Waals surface area contributed by atoms with Crippen molar-refractivity contribution in [1.82, 2.24) is 15.2 Å². The normalized spacial score (nSPS) is 11.5. The van der Waals surface area contributed by atoms with Crippen LogP contribution in [0.5, 0.6) is 0 Å². The van der Waals surface area contributed by atoms with Gasteiger partial charge in [-0.05, 0) is 36.2 Å². The van der Waals surface area contributed by atoms with Crippen molar-refractivity contribution in [2.45, 2.75) is 20.0 Å². The van der Waals surface area contributed by atoms with Gasteiger partial charge < -0.3 is 15.2 Å². The predicted molar refractivity (Wildman–Crippen MR) is 91.2 cm³/mol. The first-order valence-electron chi connectivity index (χ1n) is 7.05. The van der Waals surface area contributed by atoms with E-state index in [-0.39, 0.29) is 0 Å². The fourth-order valence-electron chi connectivity index (χ4n) is 1.95. The molecule has 0 aliphatic heterocycles. The topological polar surface area (TPSA) is 41.4 Å². The molecule has 0 fully saturated rings. The number of hydrogen-bond donors (Lipinski definition) is 2. The Morgan fingerprint density at radius 2 is 1.90 bits per heavy atom. The molecule has 21 heavy (non-hydrogen) atoms. The van der Waals surface area contributed by atoms with Crippen molar-refractivity contribution in [3.05, 3.63) is 58.3 Å². The number of nitrogens with one attached hydrogen (secondary N) is 2. The summed E-state index contributed by atoms with van der Waals surface area (Å²) in [4.78, 5) is 4.60. The van der Waals surface area contributed by atoms with Gasteiger partial charge in [-0.1, -0.05) is 28.1 Å². The zero-order chi connectivity index (χ0) is 15.1. The van der Waals surface area contributed by atoms with E-state index in [1.54, 1.807) is 0 Å². The van der Waals surface area contributed by atoms with Gasteiger partial charge >= 0.3 is 0 Å². The fraction of sp³-hybridized carbons (Fsp3) is 0.312. The molecule has 5 heteroatoms. The molecular weight excluding hydrogens is 328 g/mol. The van der Waals surface area contributed by atoms with Crippen molar-refractivity contribution in [3.8, 4) is 0 Å². The predicted octanol–water partition coefficient (Wildman–Crippen LogP) is 3.04. The first-order chi connectivity index (χ1) is 10.2. The van der Waals surface area contributed by atoms with Crippen molar-refractivity contribution in [3.63, 3.8) is 0 Å². The van der Waals surface area contributed by atoms with Crippen molar-refractivity contribution >= 4 is 21.9 Å². The lowest BCUT2D eigenvalue weighted by atomic mass is 10.2. The second kappa shape index (κ2) is 7.88. The molecule has 1 heterocycles. The highest BCUT2D eigenvalue weighted by Crippen LogP contribution is 2.10. The van der Waals surface area contributed by atoms with Crippen LogP contribution in [0.15, 0.2) is 52.2 Å². The summed E-state index contributed by atoms with van der Waals surface area (Å²) in [5.74, 6) is 0.837. The van der Waals surface area contributed by atoms with Gasteiger partial charge in [-0.2, -0.15) is 0 Å². The summed E-state index contributed by atoms with van der Waals surface area (Å²) in [5, 5.41) is 6.61. The Balaban J connectivity index is 1.93. The van der Waals surface area contributed by atoms with E-state index < -0.39 is 0 Å². The van der Waals surface area contributed by atoms with E-state index in [1.807, 2.05) is 29.9 Å². The molecule has 4 nitrogen and oxygen atoms in total. The molecular formula is C16H21BrN4. The van der Waals surface area contributed by atoms with Crippen LogP contribution in [0.3, 0.4) is 0 Å². The van der Waals surface area contributed by atoms with Crippen LogP contribution in [-0.4, -0.2) is 17.1 Å². The summed E-state index contributed by atoms with van der Waals surface area (Å²) < 4.78 is 3.13. The standard InChI is InChI=1S/C16H21BrN4/c1-3-18-16(20-11-14-8-9-21(2)12-14)19-10-13-4-6-15(17)7-5-13/h4-9,12H,3,10-11H2,1-2H3,(H2,18,19,20). The summed E-state index contributed by atoms with van der Waals surface area (Å²) >= 11 is 3.44. The molecule has 0 spiro atoms. The van der Waals surface area contributed by atoms with Gasteiger partial charge in [-0.3, -0.25) is 0 Å². The van der Waals surface area contributed by atoms with Crippen LogP contribution in [0.4, 0.5) is 0 Å². The van der Waals surface area contributed by atoms with E-state index in [2.05, 4.69) is 62.9 Å². The molecule has 0 unspecified atom stereocenters. The molecule has 0 aliphatic rings. The van der Waals surface area contributed by atoms with Crippen LogP contribution < -0.4 is 10.6 Å². The number of aryl methyl sites for hydroxylation is 1. The molecule has 112 valence electrons. The second-order valence-electron chi connectivity index (χ2n) is 4.86. The average Bonchev–Trinajstić information content (AvgIpc) is 2.89. The van der Waals surface area contributed by atoms with E-state index >= 15 is 0 Å². The molecule has 2 rings (SSSR count). The van der Waals surface area contributed by atoms with E-state index in [9.17, 15) is 0 Å². The highest BCUT2D eigenvalue weighted by molar-refractivity contribution is 9.10. The maximum atomic E-state index is 4.60. The highest BCUT2D eigenvalue weighted by atomic mass is 79.9. The Morgan fingerprint density at radius 3 is 2.52 bits per heavy atom. The molecule has 0 atom stereocenters. The molecule has 1 aromatic carbocycles. The number of aliphatic imine (C=N–C) groups is 1. The minimum absolute atomic E-state index is 0.677. The van der Waals surface area contributed by atoms with Crippen molar-refractivity contribution in [1.29, 1.82) is 0 Å². The zero-order valence-corrected chi connectivity index (χ0v) is 14.0. The zero-order valence-electron chi connectivity index (χ0n) is 12.4. The van der Waals surface area contributed by atoms with Gasteiger partial charge in [0.2, 0.25) is 0 Å². The average molecular weight is 349 g/mol. The molecule has 0 aliphatic carbocycles. The van der Waals surface area contributed by atoms with Crippen LogP contribution in [0.25, 0.3) is 0 Å². The number of halogens is 1. The highest BCUT2D eigenvalue weighted by Gasteiger charge is 1.99. The Morgan fingerprint density at radius 1 is 1.14 bits per heavy atom. The lowest BCUT2D eigenvalue weighted by Gasteiger charge is -2.11. The minimum Gasteiger partial charge on any atom is -0.357 e. The SMILES string of the molecule is CCNC(=NCc1ccn(C)c1)NCc1ccc(Br)cc1. The quantitative estimate of drug-likeness (QED) is 0.644. The van der Waals surface area contributed by atoms with Gasteiger partial charge in [0.25, 0.3) is 0 Å². The van der Waals surface area contributed by atoms with Crippen LogP contribution >= 0.6 is 15.9 Å². The maximum absolute atomic E-state index is 4.60. The fourth-order valence-corrected chi connectivity index (χ4v) is 2.22. The lowest BCUT2D eigenvalue weighted by Crippen LogP contribution is -2.36.